The van der Waals surface area contributed by atoms with E-state index >= 15 is 0 Å². The Hall–Kier alpha value is -1.99. The summed E-state index contributed by atoms with van der Waals surface area (Å²) in [4.78, 5) is 28.1. The van der Waals surface area contributed by atoms with Crippen LogP contribution in [0.4, 0.5) is 10.1 Å². The van der Waals surface area contributed by atoms with Gasteiger partial charge in [-0.05, 0) is 44.9 Å². The number of amides is 1. The van der Waals surface area contributed by atoms with Crippen molar-refractivity contribution < 1.29 is 18.7 Å². The number of esters is 1. The highest BCUT2D eigenvalue weighted by atomic mass is 19.1. The van der Waals surface area contributed by atoms with Gasteiger partial charge < -0.3 is 15.4 Å². The van der Waals surface area contributed by atoms with Gasteiger partial charge in [-0.3, -0.25) is 14.5 Å². The van der Waals surface area contributed by atoms with E-state index in [2.05, 4.69) is 0 Å². The average Bonchev–Trinajstić information content (AvgIpc) is 2.92. The number of halogens is 1. The van der Waals surface area contributed by atoms with Crippen molar-refractivity contribution in [3.63, 3.8) is 0 Å². The number of hydrogen-bond donors (Lipinski definition) is 1. The Labute approximate surface area is 159 Å². The number of ether oxygens (including phenoxy) is 1. The molecule has 7 heteroatoms. The Bertz CT molecular complexity index is 752. The summed E-state index contributed by atoms with van der Waals surface area (Å²) in [6.07, 6.45) is 0.290. The van der Waals surface area contributed by atoms with Crippen molar-refractivity contribution >= 4 is 17.6 Å². The third kappa shape index (κ3) is 3.99. The van der Waals surface area contributed by atoms with Crippen LogP contribution in [0.2, 0.25) is 0 Å². The molecule has 1 aromatic rings. The van der Waals surface area contributed by atoms with Crippen LogP contribution in [0.25, 0.3) is 0 Å². The van der Waals surface area contributed by atoms with E-state index < -0.39 is 0 Å². The van der Waals surface area contributed by atoms with Gasteiger partial charge in [0.25, 0.3) is 0 Å². The lowest BCUT2D eigenvalue weighted by Crippen LogP contribution is -2.64. The second kappa shape index (κ2) is 7.20. The number of carbonyl (C=O) groups is 2. The number of nitrogens with two attached hydrogens (primary N) is 1. The number of hydrogen-bond acceptors (Lipinski definition) is 5. The largest absolute Gasteiger partial charge is 0.460 e. The van der Waals surface area contributed by atoms with E-state index in [0.717, 1.165) is 5.56 Å². The van der Waals surface area contributed by atoms with Crippen LogP contribution < -0.4 is 10.6 Å². The Morgan fingerprint density at radius 2 is 2.07 bits per heavy atom. The second-order valence-corrected chi connectivity index (χ2v) is 8.38. The normalized spacial score (nSPS) is 27.0. The molecule has 1 aromatic carbocycles. The van der Waals surface area contributed by atoms with E-state index in [1.807, 2.05) is 32.6 Å². The van der Waals surface area contributed by atoms with Gasteiger partial charge in [0, 0.05) is 24.3 Å². The third-order valence-electron chi connectivity index (χ3n) is 5.65. The van der Waals surface area contributed by atoms with Gasteiger partial charge in [0.2, 0.25) is 5.91 Å². The molecule has 3 rings (SSSR count). The predicted octanol–water partition coefficient (Wildman–Crippen LogP) is 1.84. The number of nitrogens with zero attached hydrogens (tertiary/aromatic N) is 2. The zero-order valence-electron chi connectivity index (χ0n) is 16.4. The van der Waals surface area contributed by atoms with E-state index in [1.54, 1.807) is 11.0 Å². The first-order valence-corrected chi connectivity index (χ1v) is 9.36. The van der Waals surface area contributed by atoms with Crippen LogP contribution in [0.15, 0.2) is 18.2 Å². The van der Waals surface area contributed by atoms with Crippen LogP contribution in [-0.4, -0.2) is 54.1 Å². The van der Waals surface area contributed by atoms with Gasteiger partial charge in [0.05, 0.1) is 18.5 Å². The number of piperazine rings is 1. The zero-order chi connectivity index (χ0) is 19.9. The first-order valence-electron chi connectivity index (χ1n) is 9.36. The number of aryl methyl sites for hydroxylation is 1. The molecule has 6 nitrogen and oxygen atoms in total. The summed E-state index contributed by atoms with van der Waals surface area (Å²) in [5.41, 5.74) is 7.41. The third-order valence-corrected chi connectivity index (χ3v) is 5.65. The highest BCUT2D eigenvalue weighted by Gasteiger charge is 2.42. The molecule has 0 spiro atoms. The van der Waals surface area contributed by atoms with E-state index in [4.69, 9.17) is 10.5 Å². The number of anilines is 1. The lowest BCUT2D eigenvalue weighted by atomic mass is 9.95. The van der Waals surface area contributed by atoms with E-state index in [0.29, 0.717) is 25.2 Å². The standard InChI is InChI=1S/C20H28FN3O3/c1-12-5-6-14(21)8-16(12)24-11-20(3,4)23(10-18(24)25)9-15(22)17-7-13(2)19(26)27-17/h5-6,8,13,15,17H,7,9-11,22H2,1-4H3/t13-,15?,17+/m1/s1. The molecule has 0 saturated carbocycles. The van der Waals surface area contributed by atoms with Crippen molar-refractivity contribution in [1.29, 1.82) is 0 Å². The molecule has 2 aliphatic heterocycles. The quantitative estimate of drug-likeness (QED) is 0.811. The maximum Gasteiger partial charge on any atom is 0.309 e. The number of carbonyl (C=O) groups excluding carboxylic acids is 2. The topological polar surface area (TPSA) is 75.9 Å². The minimum absolute atomic E-state index is 0.0907. The average molecular weight is 377 g/mol. The molecule has 2 aliphatic rings. The lowest BCUT2D eigenvalue weighted by Gasteiger charge is -2.48. The maximum atomic E-state index is 13.7. The van der Waals surface area contributed by atoms with E-state index in [9.17, 15) is 14.0 Å². The van der Waals surface area contributed by atoms with Crippen LogP contribution in [0.5, 0.6) is 0 Å². The highest BCUT2D eigenvalue weighted by molar-refractivity contribution is 5.96. The summed E-state index contributed by atoms with van der Waals surface area (Å²) in [5.74, 6) is -0.796. The van der Waals surface area contributed by atoms with Gasteiger partial charge in [0.15, 0.2) is 0 Å². The summed E-state index contributed by atoms with van der Waals surface area (Å²) in [6.45, 7) is 8.86. The predicted molar refractivity (Wildman–Crippen MR) is 101 cm³/mol. The fraction of sp³-hybridized carbons (Fsp3) is 0.600. The van der Waals surface area contributed by atoms with E-state index in [1.165, 1.54) is 12.1 Å². The van der Waals surface area contributed by atoms with Crippen molar-refractivity contribution in [3.05, 3.63) is 29.6 Å². The van der Waals surface area contributed by atoms with Gasteiger partial charge >= 0.3 is 5.97 Å². The molecule has 2 saturated heterocycles. The highest BCUT2D eigenvalue weighted by Crippen LogP contribution is 2.30. The van der Waals surface area contributed by atoms with Crippen molar-refractivity contribution in [3.8, 4) is 0 Å². The van der Waals surface area contributed by atoms with Crippen molar-refractivity contribution in [1.82, 2.24) is 4.90 Å². The monoisotopic (exact) mass is 377 g/mol. The molecule has 2 fully saturated rings. The molecular weight excluding hydrogens is 349 g/mol. The Kier molecular flexibility index (Phi) is 5.27. The van der Waals surface area contributed by atoms with Gasteiger partial charge in [-0.1, -0.05) is 13.0 Å². The summed E-state index contributed by atoms with van der Waals surface area (Å²) in [6, 6.07) is 4.13. The molecule has 2 N–H and O–H groups in total. The van der Waals surface area contributed by atoms with Crippen molar-refractivity contribution in [2.24, 2.45) is 11.7 Å². The van der Waals surface area contributed by atoms with Gasteiger partial charge in [0.1, 0.15) is 11.9 Å². The lowest BCUT2D eigenvalue weighted by molar-refractivity contribution is -0.145. The Morgan fingerprint density at radius 3 is 2.70 bits per heavy atom. The number of rotatable bonds is 4. The maximum absolute atomic E-state index is 13.7. The van der Waals surface area contributed by atoms with E-state index in [-0.39, 0.29) is 47.8 Å². The smallest absolute Gasteiger partial charge is 0.309 e. The molecule has 27 heavy (non-hydrogen) atoms. The second-order valence-electron chi connectivity index (χ2n) is 8.38. The summed E-state index contributed by atoms with van der Waals surface area (Å²) >= 11 is 0. The first-order chi connectivity index (χ1) is 12.6. The Balaban J connectivity index is 1.73. The molecule has 0 bridgehead atoms. The fourth-order valence-electron chi connectivity index (χ4n) is 3.83. The fourth-order valence-corrected chi connectivity index (χ4v) is 3.83. The SMILES string of the molecule is Cc1ccc(F)cc1N1CC(C)(C)N(CC(N)[C@@H]2C[C@@H](C)C(=O)O2)CC1=O. The molecule has 0 aliphatic carbocycles. The number of benzene rings is 1. The Morgan fingerprint density at radius 1 is 1.37 bits per heavy atom. The molecule has 0 aromatic heterocycles. The first kappa shape index (κ1) is 19.8. The minimum atomic E-state index is -0.358. The molecule has 2 heterocycles. The van der Waals surface area contributed by atoms with Gasteiger partial charge in [-0.25, -0.2) is 4.39 Å². The van der Waals surface area contributed by atoms with Crippen LogP contribution in [0.3, 0.4) is 0 Å². The minimum Gasteiger partial charge on any atom is -0.460 e. The zero-order valence-corrected chi connectivity index (χ0v) is 16.4. The molecular formula is C20H28FN3O3. The summed E-state index contributed by atoms with van der Waals surface area (Å²) < 4.78 is 19.1. The van der Waals surface area contributed by atoms with Crippen LogP contribution in [0, 0.1) is 18.7 Å². The van der Waals surface area contributed by atoms with Crippen LogP contribution in [-0.2, 0) is 14.3 Å². The van der Waals surface area contributed by atoms with Gasteiger partial charge in [-0.15, -0.1) is 0 Å². The molecule has 1 amide bonds. The number of cyclic esters (lactones) is 1. The van der Waals surface area contributed by atoms with Gasteiger partial charge in [-0.2, -0.15) is 0 Å². The molecule has 148 valence electrons. The van der Waals surface area contributed by atoms with Crippen LogP contribution in [0.1, 0.15) is 32.8 Å². The van der Waals surface area contributed by atoms with Crippen molar-refractivity contribution in [2.45, 2.75) is 51.8 Å². The summed E-state index contributed by atoms with van der Waals surface area (Å²) in [5, 5.41) is 0. The summed E-state index contributed by atoms with van der Waals surface area (Å²) in [7, 11) is 0. The molecule has 0 radical (unpaired) electrons. The molecule has 3 atom stereocenters. The van der Waals surface area contributed by atoms with Crippen LogP contribution >= 0.6 is 0 Å². The van der Waals surface area contributed by atoms with Crippen molar-refractivity contribution in [2.75, 3.05) is 24.5 Å². The molecule has 1 unspecified atom stereocenters.